The number of carbonyl (C=O) groups is 1. The van der Waals surface area contributed by atoms with Crippen LogP contribution >= 0.6 is 23.2 Å². The van der Waals surface area contributed by atoms with Gasteiger partial charge in [0.15, 0.2) is 0 Å². The first-order valence-corrected chi connectivity index (χ1v) is 15.3. The van der Waals surface area contributed by atoms with Crippen LogP contribution in [0.1, 0.15) is 52.6 Å². The summed E-state index contributed by atoms with van der Waals surface area (Å²) in [6.45, 7) is 6.02. The molecule has 228 valence electrons. The molecule has 3 aliphatic rings. The van der Waals surface area contributed by atoms with Gasteiger partial charge in [0.2, 0.25) is 5.72 Å². The van der Waals surface area contributed by atoms with Crippen LogP contribution in [0.3, 0.4) is 0 Å². The molecule has 3 aliphatic heterocycles. The van der Waals surface area contributed by atoms with Gasteiger partial charge in [-0.1, -0.05) is 42.3 Å². The van der Waals surface area contributed by atoms with Crippen LogP contribution in [-0.4, -0.2) is 82.8 Å². The molecular formula is C31H34Cl2FN5O4. The Morgan fingerprint density at radius 3 is 2.53 bits per heavy atom. The number of nitrogens with zero attached hydrogens (tertiary/aromatic N) is 4. The van der Waals surface area contributed by atoms with E-state index >= 15 is 4.39 Å². The molecule has 1 amide bonds. The van der Waals surface area contributed by atoms with Crippen molar-refractivity contribution in [3.63, 3.8) is 0 Å². The van der Waals surface area contributed by atoms with Gasteiger partial charge in [-0.25, -0.2) is 14.4 Å². The lowest BCUT2D eigenvalue weighted by molar-refractivity contribution is -0.149. The van der Waals surface area contributed by atoms with E-state index in [1.165, 1.54) is 23.4 Å². The summed E-state index contributed by atoms with van der Waals surface area (Å²) in [5.41, 5.74) is -2.00. The molecule has 0 bridgehead atoms. The van der Waals surface area contributed by atoms with Crippen molar-refractivity contribution in [1.82, 2.24) is 25.1 Å². The molecule has 9 nitrogen and oxygen atoms in total. The van der Waals surface area contributed by atoms with Crippen LogP contribution in [0, 0.1) is 5.82 Å². The Labute approximate surface area is 259 Å². The SMILES string of the molecule is CCC(O)(CN1CCNCC1)c1cc(F)c2c(c1)C(=O)N(Cc1ncc(Cl)cn1)[C@@]2(O[C@H]1CCOC1)c1ccc(Cl)cc1. The number of nitrogens with one attached hydrogen (secondary N) is 1. The van der Waals surface area contributed by atoms with E-state index in [0.29, 0.717) is 59.6 Å². The minimum absolute atomic E-state index is 0.0741. The maximum absolute atomic E-state index is 16.8. The highest BCUT2D eigenvalue weighted by molar-refractivity contribution is 6.30. The predicted molar refractivity (Wildman–Crippen MR) is 159 cm³/mol. The molecule has 1 aromatic heterocycles. The minimum Gasteiger partial charge on any atom is -0.384 e. The zero-order chi connectivity index (χ0) is 30.2. The Balaban J connectivity index is 1.52. The number of benzene rings is 2. The van der Waals surface area contributed by atoms with Gasteiger partial charge in [-0.15, -0.1) is 0 Å². The lowest BCUT2D eigenvalue weighted by Gasteiger charge is -2.41. The fourth-order valence-electron chi connectivity index (χ4n) is 6.22. The number of carbonyl (C=O) groups excluding carboxylic acids is 1. The predicted octanol–water partition coefficient (Wildman–Crippen LogP) is 4.09. The maximum atomic E-state index is 16.8. The standard InChI is InChI=1S/C31H34Cl2FN5O4/c1-2-30(41,19-38-10-8-35-9-11-38)21-13-25-28(26(34)14-21)31(43-24-7-12-42-18-24,20-3-5-22(32)6-4-20)39(29(25)40)17-27-36-15-23(33)16-37-27/h3-6,13-16,24,35,41H,2,7-12,17-19H2,1H3/t24-,30?,31+/m0/s1. The Morgan fingerprint density at radius 1 is 1.16 bits per heavy atom. The van der Waals surface area contributed by atoms with Gasteiger partial charge in [-0.2, -0.15) is 0 Å². The number of piperazine rings is 1. The number of hydrogen-bond acceptors (Lipinski definition) is 8. The summed E-state index contributed by atoms with van der Waals surface area (Å²) in [5.74, 6) is -0.815. The second-order valence-electron chi connectivity index (χ2n) is 11.3. The fourth-order valence-corrected chi connectivity index (χ4v) is 6.44. The van der Waals surface area contributed by atoms with Crippen molar-refractivity contribution in [1.29, 1.82) is 0 Å². The Hall–Kier alpha value is -2.70. The molecule has 3 atom stereocenters. The molecule has 4 heterocycles. The number of aromatic nitrogens is 2. The van der Waals surface area contributed by atoms with Crippen molar-refractivity contribution in [2.45, 2.75) is 43.7 Å². The summed E-state index contributed by atoms with van der Waals surface area (Å²) in [6, 6.07) is 9.80. The van der Waals surface area contributed by atoms with Gasteiger partial charge in [-0.3, -0.25) is 14.6 Å². The van der Waals surface area contributed by atoms with Crippen molar-refractivity contribution in [2.75, 3.05) is 45.9 Å². The summed E-state index contributed by atoms with van der Waals surface area (Å²) >= 11 is 12.3. The average Bonchev–Trinajstić information content (AvgIpc) is 3.60. The molecule has 6 rings (SSSR count). The first-order valence-electron chi connectivity index (χ1n) is 14.5. The second-order valence-corrected chi connectivity index (χ2v) is 12.1. The Morgan fingerprint density at radius 2 is 1.88 bits per heavy atom. The Kier molecular flexibility index (Phi) is 8.72. The third-order valence-electron chi connectivity index (χ3n) is 8.54. The van der Waals surface area contributed by atoms with Gasteiger partial charge in [0.1, 0.15) is 17.2 Å². The van der Waals surface area contributed by atoms with Crippen LogP contribution in [0.15, 0.2) is 48.8 Å². The van der Waals surface area contributed by atoms with E-state index in [1.54, 1.807) is 30.3 Å². The van der Waals surface area contributed by atoms with Crippen LogP contribution in [-0.2, 0) is 27.3 Å². The van der Waals surface area contributed by atoms with E-state index in [9.17, 15) is 9.90 Å². The number of ether oxygens (including phenoxy) is 2. The molecule has 2 N–H and O–H groups in total. The van der Waals surface area contributed by atoms with Crippen molar-refractivity contribution in [3.05, 3.63) is 92.7 Å². The highest BCUT2D eigenvalue weighted by atomic mass is 35.5. The molecule has 12 heteroatoms. The smallest absolute Gasteiger partial charge is 0.257 e. The quantitative estimate of drug-likeness (QED) is 0.365. The first kappa shape index (κ1) is 30.3. The summed E-state index contributed by atoms with van der Waals surface area (Å²) < 4.78 is 29.2. The summed E-state index contributed by atoms with van der Waals surface area (Å²) in [5, 5.41) is 16.0. The van der Waals surface area contributed by atoms with Crippen LogP contribution in [0.4, 0.5) is 4.39 Å². The van der Waals surface area contributed by atoms with Gasteiger partial charge in [0.05, 0.1) is 35.4 Å². The van der Waals surface area contributed by atoms with Gasteiger partial charge in [0.25, 0.3) is 5.91 Å². The largest absolute Gasteiger partial charge is 0.384 e. The summed E-state index contributed by atoms with van der Waals surface area (Å²) in [6.07, 6.45) is 3.39. The van der Waals surface area contributed by atoms with E-state index in [-0.39, 0.29) is 17.7 Å². The second kappa shape index (κ2) is 12.4. The van der Waals surface area contributed by atoms with Gasteiger partial charge in [-0.05, 0) is 42.7 Å². The third kappa shape index (κ3) is 5.78. The molecule has 2 saturated heterocycles. The van der Waals surface area contributed by atoms with Crippen molar-refractivity contribution < 1.29 is 23.8 Å². The van der Waals surface area contributed by atoms with Crippen LogP contribution < -0.4 is 5.32 Å². The van der Waals surface area contributed by atoms with E-state index in [1.807, 2.05) is 6.92 Å². The zero-order valence-corrected chi connectivity index (χ0v) is 25.4. The molecule has 0 radical (unpaired) electrons. The lowest BCUT2D eigenvalue weighted by Crippen LogP contribution is -2.49. The molecule has 1 unspecified atom stereocenters. The van der Waals surface area contributed by atoms with Crippen LogP contribution in [0.25, 0.3) is 0 Å². The van der Waals surface area contributed by atoms with Gasteiger partial charge < -0.3 is 19.9 Å². The lowest BCUT2D eigenvalue weighted by atomic mass is 9.85. The number of aliphatic hydroxyl groups is 1. The number of fused-ring (bicyclic) bond motifs is 1. The fraction of sp³-hybridized carbons (Fsp3) is 0.452. The number of hydrogen-bond donors (Lipinski definition) is 2. The highest BCUT2D eigenvalue weighted by Gasteiger charge is 2.56. The molecule has 2 aromatic carbocycles. The molecule has 0 aliphatic carbocycles. The first-order chi connectivity index (χ1) is 20.7. The van der Waals surface area contributed by atoms with Crippen LogP contribution in [0.5, 0.6) is 0 Å². The normalized spacial score (nSPS) is 23.9. The summed E-state index contributed by atoms with van der Waals surface area (Å²) in [7, 11) is 0. The van der Waals surface area contributed by atoms with E-state index in [0.717, 1.165) is 26.2 Å². The molecule has 3 aromatic rings. The molecule has 0 saturated carbocycles. The minimum atomic E-state index is -1.68. The van der Waals surface area contributed by atoms with E-state index in [4.69, 9.17) is 32.7 Å². The molecule has 2 fully saturated rings. The Bertz CT molecular complexity index is 1470. The van der Waals surface area contributed by atoms with Gasteiger partial charge >= 0.3 is 0 Å². The van der Waals surface area contributed by atoms with E-state index < -0.39 is 29.2 Å². The number of rotatable bonds is 9. The van der Waals surface area contributed by atoms with Crippen molar-refractivity contribution >= 4 is 29.1 Å². The highest BCUT2D eigenvalue weighted by Crippen LogP contribution is 2.49. The van der Waals surface area contributed by atoms with Crippen LogP contribution in [0.2, 0.25) is 10.0 Å². The van der Waals surface area contributed by atoms with E-state index in [2.05, 4.69) is 20.2 Å². The van der Waals surface area contributed by atoms with Crippen molar-refractivity contribution in [3.8, 4) is 0 Å². The van der Waals surface area contributed by atoms with Gasteiger partial charge in [0, 0.05) is 62.3 Å². The molecular weight excluding hydrogens is 596 g/mol. The maximum Gasteiger partial charge on any atom is 0.257 e. The monoisotopic (exact) mass is 629 g/mol. The topological polar surface area (TPSA) is 100 Å². The number of amides is 1. The molecule has 43 heavy (non-hydrogen) atoms. The number of β-amino-alcohol motifs (C(OH)–C–C–N with tert-alkyl or cyclic N) is 1. The zero-order valence-electron chi connectivity index (χ0n) is 23.9. The average molecular weight is 631 g/mol. The van der Waals surface area contributed by atoms with Crippen molar-refractivity contribution in [2.24, 2.45) is 0 Å². The third-order valence-corrected chi connectivity index (χ3v) is 8.98. The summed E-state index contributed by atoms with van der Waals surface area (Å²) in [4.78, 5) is 26.7. The number of halogens is 3. The molecule has 0 spiro atoms.